The molecule has 0 saturated carbocycles. The summed E-state index contributed by atoms with van der Waals surface area (Å²) < 4.78 is 0. The highest BCUT2D eigenvalue weighted by molar-refractivity contribution is 6.06. The van der Waals surface area contributed by atoms with Crippen molar-refractivity contribution in [2.75, 3.05) is 0 Å². The van der Waals surface area contributed by atoms with E-state index >= 15 is 0 Å². The highest BCUT2D eigenvalue weighted by atomic mass is 16.1. The van der Waals surface area contributed by atoms with Gasteiger partial charge in [0, 0.05) is 11.1 Å². The summed E-state index contributed by atoms with van der Waals surface area (Å²) >= 11 is 0. The van der Waals surface area contributed by atoms with Crippen LogP contribution in [-0.2, 0) is 0 Å². The minimum absolute atomic E-state index is 0.633. The predicted octanol–water partition coefficient (Wildman–Crippen LogP) is 2.77. The Morgan fingerprint density at radius 2 is 1.67 bits per heavy atom. The Labute approximate surface area is 87.5 Å². The molecule has 0 fully saturated rings. The molecule has 0 amide bonds. The van der Waals surface area contributed by atoms with Gasteiger partial charge in [-0.25, -0.2) is 0 Å². The van der Waals surface area contributed by atoms with Crippen LogP contribution in [0.15, 0.2) is 30.3 Å². The number of hydrogen-bond donors (Lipinski definition) is 0. The van der Waals surface area contributed by atoms with Crippen LogP contribution < -0.4 is 0 Å². The van der Waals surface area contributed by atoms with Gasteiger partial charge in [0.05, 0.1) is 0 Å². The van der Waals surface area contributed by atoms with Gasteiger partial charge >= 0.3 is 0 Å². The first kappa shape index (κ1) is 9.59. The number of aldehydes is 2. The SMILES string of the molecule is Cc1cc(C=O)c2ccccc2c1C=O. The van der Waals surface area contributed by atoms with Crippen LogP contribution in [0.2, 0.25) is 0 Å². The van der Waals surface area contributed by atoms with Crippen molar-refractivity contribution in [3.8, 4) is 0 Å². The van der Waals surface area contributed by atoms with Gasteiger partial charge in [-0.15, -0.1) is 0 Å². The fraction of sp³-hybridized carbons (Fsp3) is 0.0769. The average Bonchev–Trinajstić information content (AvgIpc) is 2.28. The van der Waals surface area contributed by atoms with Crippen LogP contribution in [0.5, 0.6) is 0 Å². The van der Waals surface area contributed by atoms with Gasteiger partial charge < -0.3 is 0 Å². The van der Waals surface area contributed by atoms with Crippen molar-refractivity contribution >= 4 is 23.3 Å². The molecule has 0 atom stereocenters. The molecule has 0 heterocycles. The molecule has 74 valence electrons. The van der Waals surface area contributed by atoms with Crippen LogP contribution in [0.1, 0.15) is 26.3 Å². The molecular formula is C13H10O2. The fourth-order valence-electron chi connectivity index (χ4n) is 1.82. The highest BCUT2D eigenvalue weighted by Crippen LogP contribution is 2.23. The molecule has 2 heteroatoms. The maximum absolute atomic E-state index is 11.0. The molecule has 0 aliphatic heterocycles. The predicted molar refractivity (Wildman–Crippen MR) is 59.5 cm³/mol. The Morgan fingerprint density at radius 3 is 2.27 bits per heavy atom. The van der Waals surface area contributed by atoms with E-state index in [4.69, 9.17) is 0 Å². The van der Waals surface area contributed by atoms with Crippen molar-refractivity contribution < 1.29 is 9.59 Å². The lowest BCUT2D eigenvalue weighted by molar-refractivity contribution is 0.111. The molecule has 15 heavy (non-hydrogen) atoms. The zero-order chi connectivity index (χ0) is 10.8. The summed E-state index contributed by atoms with van der Waals surface area (Å²) in [7, 11) is 0. The normalized spacial score (nSPS) is 10.2. The third kappa shape index (κ3) is 1.44. The molecule has 0 aliphatic rings. The molecule has 2 nitrogen and oxygen atoms in total. The summed E-state index contributed by atoms with van der Waals surface area (Å²) in [5.41, 5.74) is 2.13. The van der Waals surface area contributed by atoms with Gasteiger partial charge in [-0.3, -0.25) is 9.59 Å². The molecule has 0 aliphatic carbocycles. The molecule has 0 spiro atoms. The molecule has 0 bridgehead atoms. The highest BCUT2D eigenvalue weighted by Gasteiger charge is 2.07. The van der Waals surface area contributed by atoms with Crippen LogP contribution in [0.4, 0.5) is 0 Å². The summed E-state index contributed by atoms with van der Waals surface area (Å²) in [4.78, 5) is 21.8. The Hall–Kier alpha value is -1.96. The Bertz CT molecular complexity index is 541. The summed E-state index contributed by atoms with van der Waals surface area (Å²) in [5.74, 6) is 0. The lowest BCUT2D eigenvalue weighted by atomic mass is 9.96. The summed E-state index contributed by atoms with van der Waals surface area (Å²) in [5, 5.41) is 1.68. The maximum atomic E-state index is 11.0. The smallest absolute Gasteiger partial charge is 0.150 e. The molecule has 0 N–H and O–H groups in total. The summed E-state index contributed by atoms with van der Waals surface area (Å²) in [6.07, 6.45) is 1.66. The van der Waals surface area contributed by atoms with Crippen molar-refractivity contribution in [3.05, 3.63) is 47.0 Å². The van der Waals surface area contributed by atoms with Crippen molar-refractivity contribution in [1.82, 2.24) is 0 Å². The molecule has 0 aromatic heterocycles. The summed E-state index contributed by atoms with van der Waals surface area (Å²) in [6, 6.07) is 9.19. The standard InChI is InChI=1S/C13H10O2/c1-9-6-10(7-14)11-4-2-3-5-12(11)13(9)8-15/h2-8H,1H3. The molecule has 0 saturated heterocycles. The van der Waals surface area contributed by atoms with Crippen LogP contribution in [0, 0.1) is 6.92 Å². The van der Waals surface area contributed by atoms with Gasteiger partial charge in [-0.2, -0.15) is 0 Å². The fourth-order valence-corrected chi connectivity index (χ4v) is 1.82. The van der Waals surface area contributed by atoms with Gasteiger partial charge in [0.1, 0.15) is 0 Å². The number of aryl methyl sites for hydroxylation is 1. The van der Waals surface area contributed by atoms with Crippen molar-refractivity contribution in [1.29, 1.82) is 0 Å². The minimum atomic E-state index is 0.633. The van der Waals surface area contributed by atoms with Gasteiger partial charge in [0.2, 0.25) is 0 Å². The van der Waals surface area contributed by atoms with Gasteiger partial charge in [0.15, 0.2) is 12.6 Å². The van der Waals surface area contributed by atoms with Crippen molar-refractivity contribution in [2.24, 2.45) is 0 Å². The van der Waals surface area contributed by atoms with E-state index in [1.165, 1.54) is 0 Å². The Balaban J connectivity index is 2.98. The third-order valence-corrected chi connectivity index (χ3v) is 2.57. The first-order valence-corrected chi connectivity index (χ1v) is 4.70. The van der Waals surface area contributed by atoms with E-state index in [0.29, 0.717) is 11.1 Å². The van der Waals surface area contributed by atoms with E-state index in [-0.39, 0.29) is 0 Å². The van der Waals surface area contributed by atoms with E-state index in [1.54, 1.807) is 6.07 Å². The van der Waals surface area contributed by atoms with Crippen LogP contribution in [-0.4, -0.2) is 12.6 Å². The molecule has 2 aromatic rings. The van der Waals surface area contributed by atoms with Crippen LogP contribution in [0.25, 0.3) is 10.8 Å². The zero-order valence-electron chi connectivity index (χ0n) is 8.36. The van der Waals surface area contributed by atoms with Crippen molar-refractivity contribution in [2.45, 2.75) is 6.92 Å². The second-order valence-electron chi connectivity index (χ2n) is 3.48. The molecule has 2 rings (SSSR count). The first-order valence-electron chi connectivity index (χ1n) is 4.70. The number of benzene rings is 2. The number of hydrogen-bond acceptors (Lipinski definition) is 2. The Morgan fingerprint density at radius 1 is 1.00 bits per heavy atom. The monoisotopic (exact) mass is 198 g/mol. The second-order valence-corrected chi connectivity index (χ2v) is 3.48. The van der Waals surface area contributed by atoms with Crippen LogP contribution in [0.3, 0.4) is 0 Å². The Kier molecular flexibility index (Phi) is 2.34. The van der Waals surface area contributed by atoms with E-state index in [0.717, 1.165) is 28.9 Å². The maximum Gasteiger partial charge on any atom is 0.150 e. The van der Waals surface area contributed by atoms with Crippen LogP contribution >= 0.6 is 0 Å². The van der Waals surface area contributed by atoms with E-state index < -0.39 is 0 Å². The first-order chi connectivity index (χ1) is 7.27. The molecule has 0 radical (unpaired) electrons. The van der Waals surface area contributed by atoms with E-state index in [2.05, 4.69) is 0 Å². The van der Waals surface area contributed by atoms with Gasteiger partial charge in [-0.05, 0) is 29.3 Å². The molecule has 2 aromatic carbocycles. The molecule has 0 unspecified atom stereocenters. The van der Waals surface area contributed by atoms with Gasteiger partial charge in [0.25, 0.3) is 0 Å². The largest absolute Gasteiger partial charge is 0.298 e. The zero-order valence-corrected chi connectivity index (χ0v) is 8.36. The van der Waals surface area contributed by atoms with E-state index in [9.17, 15) is 9.59 Å². The minimum Gasteiger partial charge on any atom is -0.298 e. The second kappa shape index (κ2) is 3.65. The number of rotatable bonds is 2. The number of carbonyl (C=O) groups is 2. The third-order valence-electron chi connectivity index (χ3n) is 2.57. The topological polar surface area (TPSA) is 34.1 Å². The quantitative estimate of drug-likeness (QED) is 0.695. The van der Waals surface area contributed by atoms with Crippen molar-refractivity contribution in [3.63, 3.8) is 0 Å². The lowest BCUT2D eigenvalue weighted by Gasteiger charge is -2.06. The molecular weight excluding hydrogens is 188 g/mol. The lowest BCUT2D eigenvalue weighted by Crippen LogP contribution is -1.93. The summed E-state index contributed by atoms with van der Waals surface area (Å²) in [6.45, 7) is 1.84. The number of carbonyl (C=O) groups excluding carboxylic acids is 2. The average molecular weight is 198 g/mol. The van der Waals surface area contributed by atoms with E-state index in [1.807, 2.05) is 31.2 Å². The van der Waals surface area contributed by atoms with Gasteiger partial charge in [-0.1, -0.05) is 24.3 Å². The number of fused-ring (bicyclic) bond motifs is 1.